The van der Waals surface area contributed by atoms with Gasteiger partial charge in [0.05, 0.1) is 6.54 Å². The van der Waals surface area contributed by atoms with Crippen LogP contribution in [0.2, 0.25) is 5.02 Å². The Kier molecular flexibility index (Phi) is 6.57. The normalized spacial score (nSPS) is 13.2. The van der Waals surface area contributed by atoms with Crippen LogP contribution in [0.15, 0.2) is 42.5 Å². The maximum atomic E-state index is 12.5. The number of hydrogen-bond acceptors (Lipinski definition) is 3. The number of carbonyl (C=O) groups excluding carboxylic acids is 2. The summed E-state index contributed by atoms with van der Waals surface area (Å²) in [4.78, 5) is 27.0. The number of nitrogens with one attached hydrogen (secondary N) is 2. The molecule has 148 valence electrons. The Morgan fingerprint density at radius 2 is 1.89 bits per heavy atom. The molecule has 2 aromatic rings. The lowest BCUT2D eigenvalue weighted by molar-refractivity contribution is -0.119. The quantitative estimate of drug-likeness (QED) is 0.780. The van der Waals surface area contributed by atoms with E-state index in [1.165, 1.54) is 0 Å². The van der Waals surface area contributed by atoms with Crippen molar-refractivity contribution in [1.82, 2.24) is 10.6 Å². The van der Waals surface area contributed by atoms with Gasteiger partial charge in [0, 0.05) is 35.4 Å². The number of halogens is 1. The molecule has 2 N–H and O–H groups in total. The smallest absolute Gasteiger partial charge is 0.251 e. The van der Waals surface area contributed by atoms with E-state index >= 15 is 0 Å². The monoisotopic (exact) mass is 399 g/mol. The first kappa shape index (κ1) is 20.2. The second-order valence-electron chi connectivity index (χ2n) is 7.36. The molecule has 0 aromatic heterocycles. The van der Waals surface area contributed by atoms with E-state index in [1.54, 1.807) is 0 Å². The lowest BCUT2D eigenvalue weighted by atomic mass is 9.95. The van der Waals surface area contributed by atoms with Crippen molar-refractivity contribution in [3.05, 3.63) is 64.2 Å². The maximum Gasteiger partial charge on any atom is 0.251 e. The van der Waals surface area contributed by atoms with Gasteiger partial charge >= 0.3 is 0 Å². The Morgan fingerprint density at radius 1 is 1.14 bits per heavy atom. The summed E-state index contributed by atoms with van der Waals surface area (Å²) in [6, 6.07) is 13.3. The average Bonchev–Trinajstić information content (AvgIpc) is 2.67. The number of nitrogens with zero attached hydrogens (tertiary/aromatic N) is 1. The lowest BCUT2D eigenvalue weighted by Gasteiger charge is -2.32. The number of fused-ring (bicyclic) bond motifs is 1. The molecule has 1 heterocycles. The zero-order chi connectivity index (χ0) is 20.1. The number of anilines is 1. The Morgan fingerprint density at radius 3 is 2.61 bits per heavy atom. The minimum absolute atomic E-state index is 0.0418. The largest absolute Gasteiger partial charge is 0.362 e. The van der Waals surface area contributed by atoms with E-state index in [9.17, 15) is 9.59 Å². The van der Waals surface area contributed by atoms with Crippen LogP contribution >= 0.6 is 11.6 Å². The van der Waals surface area contributed by atoms with Crippen LogP contribution in [0.4, 0.5) is 5.69 Å². The third-order valence-electron chi connectivity index (χ3n) is 4.75. The third kappa shape index (κ3) is 5.04. The van der Waals surface area contributed by atoms with Gasteiger partial charge in [0.25, 0.3) is 5.91 Å². The summed E-state index contributed by atoms with van der Waals surface area (Å²) >= 11 is 5.89. The van der Waals surface area contributed by atoms with Gasteiger partial charge < -0.3 is 15.5 Å². The molecule has 2 amide bonds. The van der Waals surface area contributed by atoms with Crippen molar-refractivity contribution < 1.29 is 9.59 Å². The predicted molar refractivity (Wildman–Crippen MR) is 113 cm³/mol. The van der Waals surface area contributed by atoms with Gasteiger partial charge in [0.15, 0.2) is 0 Å². The third-order valence-corrected chi connectivity index (χ3v) is 5.00. The molecule has 1 aliphatic heterocycles. The first-order valence-corrected chi connectivity index (χ1v) is 10.0. The highest BCUT2D eigenvalue weighted by molar-refractivity contribution is 6.30. The van der Waals surface area contributed by atoms with Gasteiger partial charge in [0.1, 0.15) is 0 Å². The van der Waals surface area contributed by atoms with Crippen molar-refractivity contribution in [2.75, 3.05) is 18.0 Å². The summed E-state index contributed by atoms with van der Waals surface area (Å²) in [5, 5.41) is 6.60. The second-order valence-corrected chi connectivity index (χ2v) is 7.80. The first-order chi connectivity index (χ1) is 13.4. The molecule has 6 heteroatoms. The number of carbonyl (C=O) groups is 2. The molecule has 0 atom stereocenters. The molecule has 0 spiro atoms. The average molecular weight is 400 g/mol. The summed E-state index contributed by atoms with van der Waals surface area (Å²) in [7, 11) is 0. The van der Waals surface area contributed by atoms with Crippen molar-refractivity contribution in [3.8, 4) is 0 Å². The van der Waals surface area contributed by atoms with Gasteiger partial charge in [0.2, 0.25) is 5.91 Å². The van der Waals surface area contributed by atoms with Crippen molar-refractivity contribution in [2.24, 2.45) is 0 Å². The minimum atomic E-state index is -0.0547. The first-order valence-electron chi connectivity index (χ1n) is 9.63. The van der Waals surface area contributed by atoms with E-state index in [4.69, 9.17) is 11.6 Å². The van der Waals surface area contributed by atoms with Gasteiger partial charge in [-0.2, -0.15) is 0 Å². The fourth-order valence-electron chi connectivity index (χ4n) is 3.45. The molecule has 2 aromatic carbocycles. The van der Waals surface area contributed by atoms with E-state index < -0.39 is 0 Å². The van der Waals surface area contributed by atoms with Gasteiger partial charge in [-0.3, -0.25) is 9.59 Å². The number of rotatable bonds is 6. The maximum absolute atomic E-state index is 12.5. The summed E-state index contributed by atoms with van der Waals surface area (Å²) in [5.74, 6) is -0.0966. The van der Waals surface area contributed by atoms with E-state index in [0.29, 0.717) is 17.1 Å². The molecule has 5 nitrogen and oxygen atoms in total. The SMILES string of the molecule is CC(C)NC(=O)c1cccc2c1CCCN2CC(=O)NCc1ccc(Cl)cc1. The molecule has 0 fully saturated rings. The van der Waals surface area contributed by atoms with Gasteiger partial charge in [-0.05, 0) is 62.1 Å². The molecule has 0 bridgehead atoms. The Bertz CT molecular complexity index is 849. The molecule has 1 aliphatic rings. The number of hydrogen-bond donors (Lipinski definition) is 2. The Labute approximate surface area is 171 Å². The highest BCUT2D eigenvalue weighted by Gasteiger charge is 2.23. The van der Waals surface area contributed by atoms with Crippen LogP contribution < -0.4 is 15.5 Å². The highest BCUT2D eigenvalue weighted by atomic mass is 35.5. The number of amides is 2. The van der Waals surface area contributed by atoms with Crippen LogP contribution in [-0.2, 0) is 17.8 Å². The van der Waals surface area contributed by atoms with Crippen LogP contribution in [0.1, 0.15) is 41.8 Å². The van der Waals surface area contributed by atoms with Crippen molar-refractivity contribution in [3.63, 3.8) is 0 Å². The molecule has 0 unspecified atom stereocenters. The van der Waals surface area contributed by atoms with Gasteiger partial charge in [-0.1, -0.05) is 29.8 Å². The molecular formula is C22H26ClN3O2. The van der Waals surface area contributed by atoms with Gasteiger partial charge in [-0.25, -0.2) is 0 Å². The van der Waals surface area contributed by atoms with Crippen LogP contribution in [0.25, 0.3) is 0 Å². The molecular weight excluding hydrogens is 374 g/mol. The summed E-state index contributed by atoms with van der Waals surface area (Å²) in [5.41, 5.74) is 3.71. The molecule has 3 rings (SSSR count). The summed E-state index contributed by atoms with van der Waals surface area (Å²) < 4.78 is 0. The van der Waals surface area contributed by atoms with E-state index in [2.05, 4.69) is 15.5 Å². The Hall–Kier alpha value is -2.53. The number of benzene rings is 2. The second kappa shape index (κ2) is 9.11. The summed E-state index contributed by atoms with van der Waals surface area (Å²) in [6.07, 6.45) is 1.77. The van der Waals surface area contributed by atoms with Crippen LogP contribution in [0.5, 0.6) is 0 Å². The zero-order valence-electron chi connectivity index (χ0n) is 16.3. The van der Waals surface area contributed by atoms with Crippen LogP contribution in [0.3, 0.4) is 0 Å². The topological polar surface area (TPSA) is 61.4 Å². The van der Waals surface area contributed by atoms with Gasteiger partial charge in [-0.15, -0.1) is 0 Å². The fourth-order valence-corrected chi connectivity index (χ4v) is 3.58. The van der Waals surface area contributed by atoms with Crippen molar-refractivity contribution in [2.45, 2.75) is 39.3 Å². The molecule has 0 aliphatic carbocycles. The predicted octanol–water partition coefficient (Wildman–Crippen LogP) is 3.55. The molecule has 0 saturated carbocycles. The van der Waals surface area contributed by atoms with Crippen LogP contribution in [-0.4, -0.2) is 30.9 Å². The summed E-state index contributed by atoms with van der Waals surface area (Å²) in [6.45, 7) is 5.44. The van der Waals surface area contributed by atoms with E-state index in [0.717, 1.165) is 36.2 Å². The zero-order valence-corrected chi connectivity index (χ0v) is 17.1. The van der Waals surface area contributed by atoms with Crippen molar-refractivity contribution in [1.29, 1.82) is 0 Å². The molecule has 0 saturated heterocycles. The van der Waals surface area contributed by atoms with E-state index in [1.807, 2.05) is 56.3 Å². The fraction of sp³-hybridized carbons (Fsp3) is 0.364. The standard InChI is InChI=1S/C22H26ClN3O2/c1-15(2)25-22(28)19-5-3-7-20-18(19)6-4-12-26(20)14-21(27)24-13-16-8-10-17(23)11-9-16/h3,5,7-11,15H,4,6,12-14H2,1-2H3,(H,24,27)(H,25,28). The van der Waals surface area contributed by atoms with Crippen LogP contribution in [0, 0.1) is 0 Å². The highest BCUT2D eigenvalue weighted by Crippen LogP contribution is 2.29. The molecule has 0 radical (unpaired) electrons. The van der Waals surface area contributed by atoms with Crippen molar-refractivity contribution >= 4 is 29.1 Å². The minimum Gasteiger partial charge on any atom is -0.362 e. The Balaban J connectivity index is 1.67. The van der Waals surface area contributed by atoms with E-state index in [-0.39, 0.29) is 24.4 Å². The molecule has 28 heavy (non-hydrogen) atoms. The lowest BCUT2D eigenvalue weighted by Crippen LogP contribution is -2.40.